The summed E-state index contributed by atoms with van der Waals surface area (Å²) in [5.74, 6) is 0.999. The second kappa shape index (κ2) is 10.1. The van der Waals surface area contributed by atoms with Crippen molar-refractivity contribution in [2.75, 3.05) is 18.9 Å². The van der Waals surface area contributed by atoms with E-state index in [9.17, 15) is 4.79 Å². The zero-order valence-corrected chi connectivity index (χ0v) is 18.3. The van der Waals surface area contributed by atoms with Crippen molar-refractivity contribution in [3.63, 3.8) is 0 Å². The second-order valence-electron chi connectivity index (χ2n) is 8.53. The Labute approximate surface area is 175 Å². The molecule has 3 rings (SSSR count). The van der Waals surface area contributed by atoms with Crippen LogP contribution in [0.4, 0.5) is 5.82 Å². The first-order chi connectivity index (χ1) is 14.0. The Bertz CT molecular complexity index is 829. The Morgan fingerprint density at radius 1 is 1.21 bits per heavy atom. The van der Waals surface area contributed by atoms with E-state index in [1.807, 2.05) is 12.1 Å². The molecule has 1 saturated carbocycles. The molecule has 5 nitrogen and oxygen atoms in total. The smallest absolute Gasteiger partial charge is 0.254 e. The number of anilines is 1. The van der Waals surface area contributed by atoms with Crippen LogP contribution in [0.5, 0.6) is 0 Å². The molecule has 5 heteroatoms. The number of rotatable bonds is 8. The molecule has 2 aromatic rings. The average molecular weight is 397 g/mol. The largest absolute Gasteiger partial charge is 0.369 e. The van der Waals surface area contributed by atoms with Crippen LogP contribution < -0.4 is 16.0 Å². The molecule has 0 aliphatic heterocycles. The molecule has 0 bridgehead atoms. The molecule has 158 valence electrons. The molecule has 0 saturated heterocycles. The number of nitrogens with zero attached hydrogens (tertiary/aromatic N) is 1. The predicted molar refractivity (Wildman–Crippen MR) is 122 cm³/mol. The molecule has 1 heterocycles. The lowest BCUT2D eigenvalue weighted by molar-refractivity contribution is 0.0963. The fourth-order valence-electron chi connectivity index (χ4n) is 4.39. The van der Waals surface area contributed by atoms with E-state index in [1.54, 1.807) is 7.05 Å². The van der Waals surface area contributed by atoms with Crippen molar-refractivity contribution in [3.05, 3.63) is 35.4 Å². The van der Waals surface area contributed by atoms with Crippen molar-refractivity contribution < 1.29 is 4.79 Å². The summed E-state index contributed by atoms with van der Waals surface area (Å²) >= 11 is 0. The van der Waals surface area contributed by atoms with Gasteiger partial charge in [0.25, 0.3) is 5.91 Å². The summed E-state index contributed by atoms with van der Waals surface area (Å²) in [4.78, 5) is 17.2. The van der Waals surface area contributed by atoms with Crippen LogP contribution in [-0.2, 0) is 0 Å². The maximum atomic E-state index is 12.5. The lowest BCUT2D eigenvalue weighted by atomic mass is 9.92. The van der Waals surface area contributed by atoms with E-state index < -0.39 is 0 Å². The van der Waals surface area contributed by atoms with Gasteiger partial charge in [-0.3, -0.25) is 4.79 Å². The van der Waals surface area contributed by atoms with Gasteiger partial charge in [-0.1, -0.05) is 44.7 Å². The first kappa shape index (κ1) is 21.6. The molecular formula is C24H36N4O. The number of carbonyl (C=O) groups is 1. The van der Waals surface area contributed by atoms with Gasteiger partial charge in [0.2, 0.25) is 0 Å². The van der Waals surface area contributed by atoms with Gasteiger partial charge in [0.15, 0.2) is 0 Å². The number of carbonyl (C=O) groups excluding carboxylic acids is 1. The number of aromatic nitrogens is 1. The highest BCUT2D eigenvalue weighted by molar-refractivity contribution is 6.02. The number of nitrogens with one attached hydrogen (secondary N) is 3. The minimum atomic E-state index is -0.108. The number of benzene rings is 1. The van der Waals surface area contributed by atoms with Crippen molar-refractivity contribution in [2.45, 2.75) is 71.4 Å². The number of amides is 1. The number of pyridine rings is 1. The van der Waals surface area contributed by atoms with E-state index in [-0.39, 0.29) is 5.91 Å². The van der Waals surface area contributed by atoms with Crippen molar-refractivity contribution in [1.82, 2.24) is 15.6 Å². The van der Waals surface area contributed by atoms with Gasteiger partial charge in [0.05, 0.1) is 11.1 Å². The topological polar surface area (TPSA) is 66.0 Å². The van der Waals surface area contributed by atoms with E-state index in [2.05, 4.69) is 48.9 Å². The van der Waals surface area contributed by atoms with Crippen LogP contribution >= 0.6 is 0 Å². The lowest BCUT2D eigenvalue weighted by Crippen LogP contribution is -2.44. The first-order valence-electron chi connectivity index (χ1n) is 11.1. The number of hydrogen-bond donors (Lipinski definition) is 3. The number of fused-ring (bicyclic) bond motifs is 1. The molecule has 1 aliphatic rings. The van der Waals surface area contributed by atoms with Gasteiger partial charge in [0.1, 0.15) is 5.82 Å². The van der Waals surface area contributed by atoms with Crippen LogP contribution in [0, 0.1) is 12.8 Å². The SMILES string of the molecule is CCC(NC1CCCCC1)C(C)CNc1nc2ccc(C)cc2cc1C(=O)NC. The summed E-state index contributed by atoms with van der Waals surface area (Å²) in [5.41, 5.74) is 2.67. The minimum Gasteiger partial charge on any atom is -0.369 e. The Morgan fingerprint density at radius 2 is 1.97 bits per heavy atom. The predicted octanol–water partition coefficient (Wildman–Crippen LogP) is 4.65. The van der Waals surface area contributed by atoms with E-state index in [1.165, 1.54) is 32.1 Å². The van der Waals surface area contributed by atoms with Gasteiger partial charge < -0.3 is 16.0 Å². The third kappa shape index (κ3) is 5.47. The summed E-state index contributed by atoms with van der Waals surface area (Å²) in [5, 5.41) is 11.1. The van der Waals surface area contributed by atoms with Crippen LogP contribution in [0.1, 0.15) is 68.3 Å². The highest BCUT2D eigenvalue weighted by atomic mass is 16.1. The Balaban J connectivity index is 1.73. The molecule has 1 aromatic carbocycles. The molecular weight excluding hydrogens is 360 g/mol. The van der Waals surface area contributed by atoms with Crippen LogP contribution in [0.25, 0.3) is 10.9 Å². The molecule has 29 heavy (non-hydrogen) atoms. The molecule has 2 unspecified atom stereocenters. The monoisotopic (exact) mass is 396 g/mol. The fourth-order valence-corrected chi connectivity index (χ4v) is 4.39. The molecule has 3 N–H and O–H groups in total. The van der Waals surface area contributed by atoms with E-state index in [4.69, 9.17) is 4.98 Å². The highest BCUT2D eigenvalue weighted by Gasteiger charge is 2.22. The van der Waals surface area contributed by atoms with Crippen LogP contribution in [0.3, 0.4) is 0 Å². The van der Waals surface area contributed by atoms with Gasteiger partial charge >= 0.3 is 0 Å². The summed E-state index contributed by atoms with van der Waals surface area (Å²) < 4.78 is 0. The van der Waals surface area contributed by atoms with Gasteiger partial charge in [-0.15, -0.1) is 0 Å². The van der Waals surface area contributed by atoms with Gasteiger partial charge in [0, 0.05) is 31.1 Å². The van der Waals surface area contributed by atoms with Crippen molar-refractivity contribution >= 4 is 22.6 Å². The fraction of sp³-hybridized carbons (Fsp3) is 0.583. The molecule has 1 aliphatic carbocycles. The van der Waals surface area contributed by atoms with Crippen molar-refractivity contribution in [2.24, 2.45) is 5.92 Å². The first-order valence-corrected chi connectivity index (χ1v) is 11.1. The van der Waals surface area contributed by atoms with Crippen LogP contribution in [0.15, 0.2) is 24.3 Å². The molecule has 1 fully saturated rings. The summed E-state index contributed by atoms with van der Waals surface area (Å²) in [6, 6.07) is 9.22. The zero-order valence-electron chi connectivity index (χ0n) is 18.3. The normalized spacial score (nSPS) is 17.1. The van der Waals surface area contributed by atoms with Gasteiger partial charge in [-0.2, -0.15) is 0 Å². The summed E-state index contributed by atoms with van der Waals surface area (Å²) in [6.07, 6.45) is 7.76. The Hall–Kier alpha value is -2.14. The third-order valence-corrected chi connectivity index (χ3v) is 6.22. The number of hydrogen-bond acceptors (Lipinski definition) is 4. The van der Waals surface area contributed by atoms with Crippen LogP contribution in [0.2, 0.25) is 0 Å². The maximum Gasteiger partial charge on any atom is 0.254 e. The minimum absolute atomic E-state index is 0.108. The maximum absolute atomic E-state index is 12.5. The van der Waals surface area contributed by atoms with Crippen molar-refractivity contribution in [3.8, 4) is 0 Å². The summed E-state index contributed by atoms with van der Waals surface area (Å²) in [6.45, 7) is 7.37. The molecule has 2 atom stereocenters. The van der Waals surface area contributed by atoms with E-state index in [0.717, 1.165) is 29.4 Å². The quantitative estimate of drug-likeness (QED) is 0.607. The highest BCUT2D eigenvalue weighted by Crippen LogP contribution is 2.23. The zero-order chi connectivity index (χ0) is 20.8. The second-order valence-corrected chi connectivity index (χ2v) is 8.53. The van der Waals surface area contributed by atoms with Gasteiger partial charge in [-0.25, -0.2) is 4.98 Å². The molecule has 1 aromatic heterocycles. The molecule has 0 radical (unpaired) electrons. The standard InChI is InChI=1S/C24H36N4O/c1-5-21(27-19-9-7-6-8-10-19)17(3)15-26-23-20(24(29)25-4)14-18-13-16(2)11-12-22(18)28-23/h11-14,17,19,21,27H,5-10,15H2,1-4H3,(H,25,29)(H,26,28). The van der Waals surface area contributed by atoms with E-state index >= 15 is 0 Å². The number of aryl methyl sites for hydroxylation is 1. The van der Waals surface area contributed by atoms with Gasteiger partial charge in [-0.05, 0) is 50.3 Å². The average Bonchev–Trinajstić information content (AvgIpc) is 2.75. The Kier molecular flexibility index (Phi) is 7.48. The van der Waals surface area contributed by atoms with Crippen molar-refractivity contribution in [1.29, 1.82) is 0 Å². The molecule has 1 amide bonds. The third-order valence-electron chi connectivity index (χ3n) is 6.22. The Morgan fingerprint density at radius 3 is 2.66 bits per heavy atom. The van der Waals surface area contributed by atoms with Crippen LogP contribution in [-0.4, -0.2) is 36.6 Å². The lowest BCUT2D eigenvalue weighted by Gasteiger charge is -2.31. The molecule has 0 spiro atoms. The summed E-state index contributed by atoms with van der Waals surface area (Å²) in [7, 11) is 1.66. The van der Waals surface area contributed by atoms with E-state index in [0.29, 0.717) is 29.4 Å².